The summed E-state index contributed by atoms with van der Waals surface area (Å²) < 4.78 is 22.2. The molecule has 0 saturated heterocycles. The molecule has 0 fully saturated rings. The van der Waals surface area contributed by atoms with E-state index in [-0.39, 0.29) is 85.9 Å². The number of unbranched alkanes of at least 4 members (excludes halogenated alkanes) is 20. The maximum absolute atomic E-state index is 11.3. The fourth-order valence-corrected chi connectivity index (χ4v) is 7.79. The number of rotatable bonds is 42. The van der Waals surface area contributed by atoms with Crippen LogP contribution in [0.5, 0.6) is 0 Å². The normalized spacial score (nSPS) is 11.7. The minimum atomic E-state index is -1.01. The van der Waals surface area contributed by atoms with Gasteiger partial charge in [0.25, 0.3) is 0 Å². The van der Waals surface area contributed by atoms with E-state index in [1.807, 2.05) is 36.4 Å². The molecule has 2 rings (SSSR count). The first-order valence-electron chi connectivity index (χ1n) is 25.1. The van der Waals surface area contributed by atoms with Gasteiger partial charge in [0.05, 0.1) is 13.2 Å². The quantitative estimate of drug-likeness (QED) is 0.0357. The third-order valence-electron chi connectivity index (χ3n) is 11.3. The zero-order valence-corrected chi connectivity index (χ0v) is 45.2. The Balaban J connectivity index is 0.00000124. The van der Waals surface area contributed by atoms with Crippen LogP contribution < -0.4 is 10.2 Å². The van der Waals surface area contributed by atoms with Crippen LogP contribution >= 0.6 is 0 Å². The molecule has 2 unspecified atom stereocenters. The number of carbonyl (C=O) groups excluding carboxylic acids is 4. The van der Waals surface area contributed by atoms with Gasteiger partial charge in [-0.05, 0) is 101 Å². The van der Waals surface area contributed by atoms with E-state index in [4.69, 9.17) is 18.9 Å². The first-order chi connectivity index (χ1) is 31.2. The SMILES string of the molecule is CC(=O)OC(CCCCCCCCCCCCOCc1ccccc1)CCCCC(=O)[O-].CC(=O)OC(CCCCCCCCCCCCOCc1ccccc1)CCCCC(=O)[O-].[Ba+2]. The van der Waals surface area contributed by atoms with Gasteiger partial charge < -0.3 is 38.7 Å². The predicted octanol–water partition coefficient (Wildman–Crippen LogP) is 11.1. The van der Waals surface area contributed by atoms with E-state index in [0.29, 0.717) is 26.1 Å². The second-order valence-electron chi connectivity index (χ2n) is 17.4. The molecule has 0 amide bonds. The minimum absolute atomic E-state index is 0. The first-order valence-corrected chi connectivity index (χ1v) is 25.1. The standard InChI is InChI=1S/2C27H44O5.Ba/c2*1-24(28)32-26(20-14-15-21-27(29)30)19-13-8-6-4-2-3-5-7-9-16-22-31-23-25-17-11-10-12-18-25;/h2*10-12,17-18,26H,2-9,13-16,19-23H2,1H3,(H,29,30);/q;;+2/p-2. The van der Waals surface area contributed by atoms with E-state index in [0.717, 1.165) is 90.3 Å². The summed E-state index contributed by atoms with van der Waals surface area (Å²) in [5.74, 6) is -2.53. The minimum Gasteiger partial charge on any atom is -0.550 e. The number of hydrogen-bond acceptors (Lipinski definition) is 10. The number of ether oxygens (including phenoxy) is 4. The van der Waals surface area contributed by atoms with Crippen LogP contribution in [-0.2, 0) is 51.3 Å². The van der Waals surface area contributed by atoms with Gasteiger partial charge in [0, 0.05) is 39.0 Å². The molecule has 0 aliphatic heterocycles. The Hall–Kier alpha value is -2.19. The van der Waals surface area contributed by atoms with Gasteiger partial charge in [-0.25, -0.2) is 0 Å². The molecule has 364 valence electrons. The average molecular weight is 1030 g/mol. The van der Waals surface area contributed by atoms with Gasteiger partial charge in [-0.1, -0.05) is 163 Å². The topological polar surface area (TPSA) is 151 Å². The Kier molecular flexibility index (Phi) is 45.3. The van der Waals surface area contributed by atoms with Crippen molar-refractivity contribution < 1.29 is 48.3 Å². The van der Waals surface area contributed by atoms with Gasteiger partial charge in [-0.2, -0.15) is 0 Å². The molecule has 2 aromatic carbocycles. The van der Waals surface area contributed by atoms with Crippen molar-refractivity contribution in [1.82, 2.24) is 0 Å². The number of esters is 2. The molecule has 0 N–H and O–H groups in total. The zero-order chi connectivity index (χ0) is 46.6. The number of carboxylic acid groups (broad SMARTS) is 2. The maximum Gasteiger partial charge on any atom is 2.00 e. The molecule has 0 radical (unpaired) electrons. The molecule has 2 aromatic rings. The Bertz CT molecular complexity index is 1290. The van der Waals surface area contributed by atoms with E-state index >= 15 is 0 Å². The van der Waals surface area contributed by atoms with Crippen LogP contribution in [-0.4, -0.2) is 98.2 Å². The summed E-state index contributed by atoms with van der Waals surface area (Å²) >= 11 is 0. The van der Waals surface area contributed by atoms with E-state index in [1.165, 1.54) is 115 Å². The molecule has 0 heterocycles. The number of carboxylic acids is 2. The molecular weight excluding hydrogens is 946 g/mol. The zero-order valence-electron chi connectivity index (χ0n) is 40.8. The van der Waals surface area contributed by atoms with Crippen LogP contribution in [0.15, 0.2) is 60.7 Å². The summed E-state index contributed by atoms with van der Waals surface area (Å²) in [6.07, 6.45) is 30.5. The molecule has 10 nitrogen and oxygen atoms in total. The Morgan fingerprint density at radius 2 is 0.662 bits per heavy atom. The fourth-order valence-electron chi connectivity index (χ4n) is 7.79. The second kappa shape index (κ2) is 46.9. The number of aliphatic carboxylic acids is 2. The fraction of sp³-hybridized carbons (Fsp3) is 0.704. The van der Waals surface area contributed by atoms with Crippen LogP contribution in [0.2, 0.25) is 0 Å². The van der Waals surface area contributed by atoms with Crippen molar-refractivity contribution in [2.24, 2.45) is 0 Å². The van der Waals surface area contributed by atoms with Gasteiger partial charge >= 0.3 is 60.8 Å². The van der Waals surface area contributed by atoms with Gasteiger partial charge in [0.2, 0.25) is 0 Å². The maximum atomic E-state index is 11.3. The second-order valence-corrected chi connectivity index (χ2v) is 17.4. The summed E-state index contributed by atoms with van der Waals surface area (Å²) in [5, 5.41) is 20.9. The van der Waals surface area contributed by atoms with Gasteiger partial charge in [0.1, 0.15) is 12.2 Å². The molecule has 0 aliphatic carbocycles. The molecular formula is C54H86BaO10. The molecule has 2 atom stereocenters. The number of benzene rings is 2. The smallest absolute Gasteiger partial charge is 0.550 e. The Morgan fingerprint density at radius 3 is 0.938 bits per heavy atom. The Morgan fingerprint density at radius 1 is 0.400 bits per heavy atom. The van der Waals surface area contributed by atoms with Crippen molar-refractivity contribution in [2.45, 2.75) is 232 Å². The molecule has 0 saturated carbocycles. The largest absolute Gasteiger partial charge is 2.00 e. The van der Waals surface area contributed by atoms with E-state index < -0.39 is 11.9 Å². The average Bonchev–Trinajstić information content (AvgIpc) is 3.27. The van der Waals surface area contributed by atoms with Crippen LogP contribution in [0, 0.1) is 0 Å². The van der Waals surface area contributed by atoms with Gasteiger partial charge in [-0.3, -0.25) is 9.59 Å². The van der Waals surface area contributed by atoms with Gasteiger partial charge in [-0.15, -0.1) is 0 Å². The van der Waals surface area contributed by atoms with Crippen molar-refractivity contribution in [3.8, 4) is 0 Å². The van der Waals surface area contributed by atoms with Gasteiger partial charge in [0.15, 0.2) is 0 Å². The van der Waals surface area contributed by atoms with Crippen molar-refractivity contribution in [1.29, 1.82) is 0 Å². The van der Waals surface area contributed by atoms with E-state index in [9.17, 15) is 29.4 Å². The summed E-state index contributed by atoms with van der Waals surface area (Å²) in [7, 11) is 0. The third kappa shape index (κ3) is 45.4. The van der Waals surface area contributed by atoms with E-state index in [2.05, 4.69) is 24.3 Å². The summed E-state index contributed by atoms with van der Waals surface area (Å²) in [4.78, 5) is 43.5. The molecule has 11 heteroatoms. The molecule has 65 heavy (non-hydrogen) atoms. The number of carbonyl (C=O) groups is 4. The predicted molar refractivity (Wildman–Crippen MR) is 258 cm³/mol. The molecule has 0 aromatic heterocycles. The summed E-state index contributed by atoms with van der Waals surface area (Å²) in [5.41, 5.74) is 2.48. The summed E-state index contributed by atoms with van der Waals surface area (Å²) in [6.45, 7) is 5.99. The molecule has 0 bridgehead atoms. The first kappa shape index (κ1) is 62.8. The van der Waals surface area contributed by atoms with Crippen LogP contribution in [0.3, 0.4) is 0 Å². The van der Waals surface area contributed by atoms with Crippen molar-refractivity contribution >= 4 is 72.8 Å². The van der Waals surface area contributed by atoms with Crippen LogP contribution in [0.1, 0.15) is 218 Å². The van der Waals surface area contributed by atoms with Crippen LogP contribution in [0.4, 0.5) is 0 Å². The van der Waals surface area contributed by atoms with Crippen LogP contribution in [0.25, 0.3) is 0 Å². The molecule has 0 spiro atoms. The van der Waals surface area contributed by atoms with Crippen molar-refractivity contribution in [3.05, 3.63) is 71.8 Å². The van der Waals surface area contributed by atoms with Crippen molar-refractivity contribution in [2.75, 3.05) is 13.2 Å². The monoisotopic (exact) mass is 1030 g/mol. The number of hydrogen-bond donors (Lipinski definition) is 0. The molecule has 0 aliphatic rings. The van der Waals surface area contributed by atoms with Crippen molar-refractivity contribution in [3.63, 3.8) is 0 Å². The Labute approximate surface area is 434 Å². The summed E-state index contributed by atoms with van der Waals surface area (Å²) in [6, 6.07) is 20.6. The third-order valence-corrected chi connectivity index (χ3v) is 11.3. The van der Waals surface area contributed by atoms with E-state index in [1.54, 1.807) is 0 Å².